The number of nitrogens with two attached hydrogens (primary N) is 1. The van der Waals surface area contributed by atoms with Crippen molar-refractivity contribution in [3.05, 3.63) is 41.5 Å². The maximum absolute atomic E-state index is 11.2. The summed E-state index contributed by atoms with van der Waals surface area (Å²) in [6.07, 6.45) is 2.68. The summed E-state index contributed by atoms with van der Waals surface area (Å²) in [6, 6.07) is 7.53. The van der Waals surface area contributed by atoms with Crippen molar-refractivity contribution < 1.29 is 14.7 Å². The highest BCUT2D eigenvalue weighted by atomic mass is 16.4. The van der Waals surface area contributed by atoms with Gasteiger partial charge in [0.2, 0.25) is 5.91 Å². The summed E-state index contributed by atoms with van der Waals surface area (Å²) in [4.78, 5) is 23.8. The van der Waals surface area contributed by atoms with E-state index in [2.05, 4.69) is 13.8 Å². The van der Waals surface area contributed by atoms with Gasteiger partial charge in [-0.25, -0.2) is 4.79 Å². The Labute approximate surface area is 125 Å². The van der Waals surface area contributed by atoms with Crippen molar-refractivity contribution >= 4 is 18.0 Å². The zero-order valence-corrected chi connectivity index (χ0v) is 12.5. The van der Waals surface area contributed by atoms with E-state index in [-0.39, 0.29) is 12.5 Å². The van der Waals surface area contributed by atoms with Crippen LogP contribution in [0.25, 0.3) is 6.08 Å². The van der Waals surface area contributed by atoms with E-state index < -0.39 is 5.97 Å². The van der Waals surface area contributed by atoms with Crippen LogP contribution in [-0.4, -0.2) is 35.0 Å². The second-order valence-corrected chi connectivity index (χ2v) is 5.40. The van der Waals surface area contributed by atoms with Gasteiger partial charge in [0.05, 0.1) is 6.54 Å². The minimum atomic E-state index is -0.985. The average Bonchev–Trinajstić information content (AvgIpc) is 2.36. The molecule has 0 aromatic heterocycles. The van der Waals surface area contributed by atoms with Crippen LogP contribution in [0.5, 0.6) is 0 Å². The predicted octanol–water partition coefficient (Wildman–Crippen LogP) is 1.73. The Balaban J connectivity index is 2.92. The molecule has 0 saturated carbocycles. The minimum absolute atomic E-state index is 0.190. The Bertz CT molecular complexity index is 524. The molecule has 114 valence electrons. The van der Waals surface area contributed by atoms with Crippen LogP contribution in [0.1, 0.15) is 25.0 Å². The number of rotatable bonds is 8. The number of hydrogen-bond donors (Lipinski definition) is 2. The fourth-order valence-corrected chi connectivity index (χ4v) is 2.16. The highest BCUT2D eigenvalue weighted by molar-refractivity contribution is 5.85. The number of nitrogens with zero attached hydrogens (tertiary/aromatic N) is 1. The Morgan fingerprint density at radius 3 is 2.57 bits per heavy atom. The van der Waals surface area contributed by atoms with Crippen molar-refractivity contribution in [2.45, 2.75) is 20.4 Å². The lowest BCUT2D eigenvalue weighted by Crippen LogP contribution is -2.35. The summed E-state index contributed by atoms with van der Waals surface area (Å²) in [6.45, 7) is 5.64. The lowest BCUT2D eigenvalue weighted by molar-refractivity contribution is -0.131. The number of carboxylic acids is 1. The summed E-state index contributed by atoms with van der Waals surface area (Å²) in [7, 11) is 0. The summed E-state index contributed by atoms with van der Waals surface area (Å²) in [5.74, 6) is -0.943. The van der Waals surface area contributed by atoms with Crippen molar-refractivity contribution in [3.8, 4) is 0 Å². The SMILES string of the molecule is CC(C)CN(CC(N)=O)Cc1ccccc1C=CC(=O)O. The van der Waals surface area contributed by atoms with Crippen molar-refractivity contribution in [1.82, 2.24) is 4.90 Å². The quantitative estimate of drug-likeness (QED) is 0.714. The van der Waals surface area contributed by atoms with E-state index in [0.717, 1.165) is 23.7 Å². The molecule has 0 spiro atoms. The highest BCUT2D eigenvalue weighted by Crippen LogP contribution is 2.14. The molecule has 1 rings (SSSR count). The molecule has 1 aromatic rings. The van der Waals surface area contributed by atoms with Crippen LogP contribution >= 0.6 is 0 Å². The molecule has 1 amide bonds. The van der Waals surface area contributed by atoms with E-state index in [1.54, 1.807) is 6.08 Å². The van der Waals surface area contributed by atoms with E-state index in [9.17, 15) is 9.59 Å². The van der Waals surface area contributed by atoms with Crippen LogP contribution in [0.4, 0.5) is 0 Å². The van der Waals surface area contributed by atoms with Crippen LogP contribution in [0.15, 0.2) is 30.3 Å². The molecule has 0 aliphatic carbocycles. The summed E-state index contributed by atoms with van der Waals surface area (Å²) < 4.78 is 0. The molecule has 5 nitrogen and oxygen atoms in total. The van der Waals surface area contributed by atoms with Gasteiger partial charge in [0.15, 0.2) is 0 Å². The molecule has 3 N–H and O–H groups in total. The minimum Gasteiger partial charge on any atom is -0.478 e. The van der Waals surface area contributed by atoms with Crippen molar-refractivity contribution in [1.29, 1.82) is 0 Å². The van der Waals surface area contributed by atoms with Gasteiger partial charge in [-0.2, -0.15) is 0 Å². The van der Waals surface area contributed by atoms with Gasteiger partial charge in [0.1, 0.15) is 0 Å². The smallest absolute Gasteiger partial charge is 0.328 e. The molecule has 0 saturated heterocycles. The summed E-state index contributed by atoms with van der Waals surface area (Å²) in [5.41, 5.74) is 7.09. The Kier molecular flexibility index (Phi) is 6.62. The lowest BCUT2D eigenvalue weighted by Gasteiger charge is -2.23. The molecular weight excluding hydrogens is 268 g/mol. The monoisotopic (exact) mass is 290 g/mol. The Morgan fingerprint density at radius 1 is 1.33 bits per heavy atom. The van der Waals surface area contributed by atoms with Gasteiger partial charge < -0.3 is 10.8 Å². The Hall–Kier alpha value is -2.14. The second kappa shape index (κ2) is 8.21. The van der Waals surface area contributed by atoms with E-state index >= 15 is 0 Å². The van der Waals surface area contributed by atoms with Crippen LogP contribution in [0.3, 0.4) is 0 Å². The molecule has 0 radical (unpaired) electrons. The van der Waals surface area contributed by atoms with Gasteiger partial charge in [-0.3, -0.25) is 9.69 Å². The number of carbonyl (C=O) groups excluding carboxylic acids is 1. The van der Waals surface area contributed by atoms with Gasteiger partial charge in [-0.05, 0) is 23.1 Å². The molecule has 0 aliphatic heterocycles. The topological polar surface area (TPSA) is 83.6 Å². The van der Waals surface area contributed by atoms with Crippen LogP contribution in [0, 0.1) is 5.92 Å². The van der Waals surface area contributed by atoms with Crippen molar-refractivity contribution in [2.75, 3.05) is 13.1 Å². The second-order valence-electron chi connectivity index (χ2n) is 5.40. The first kappa shape index (κ1) is 16.9. The number of benzene rings is 1. The molecule has 0 bridgehead atoms. The fraction of sp³-hybridized carbons (Fsp3) is 0.375. The lowest BCUT2D eigenvalue weighted by atomic mass is 10.1. The third-order valence-electron chi connectivity index (χ3n) is 2.86. The fourth-order valence-electron chi connectivity index (χ4n) is 2.16. The number of hydrogen-bond acceptors (Lipinski definition) is 3. The van der Waals surface area contributed by atoms with Crippen LogP contribution < -0.4 is 5.73 Å². The summed E-state index contributed by atoms with van der Waals surface area (Å²) in [5, 5.41) is 8.73. The maximum Gasteiger partial charge on any atom is 0.328 e. The number of amides is 1. The molecule has 0 fully saturated rings. The Morgan fingerprint density at radius 2 is 2.00 bits per heavy atom. The molecule has 1 aromatic carbocycles. The first-order valence-corrected chi connectivity index (χ1v) is 6.88. The third kappa shape index (κ3) is 6.72. The normalized spacial score (nSPS) is 11.4. The van der Waals surface area contributed by atoms with E-state index in [1.807, 2.05) is 29.2 Å². The van der Waals surface area contributed by atoms with Gasteiger partial charge in [-0.15, -0.1) is 0 Å². The van der Waals surface area contributed by atoms with E-state index in [1.165, 1.54) is 0 Å². The van der Waals surface area contributed by atoms with E-state index in [0.29, 0.717) is 12.5 Å². The molecule has 0 aliphatic rings. The van der Waals surface area contributed by atoms with Gasteiger partial charge >= 0.3 is 5.97 Å². The third-order valence-corrected chi connectivity index (χ3v) is 2.86. The first-order valence-electron chi connectivity index (χ1n) is 6.88. The van der Waals surface area contributed by atoms with Crippen LogP contribution in [-0.2, 0) is 16.1 Å². The van der Waals surface area contributed by atoms with Crippen molar-refractivity contribution in [2.24, 2.45) is 11.7 Å². The molecular formula is C16H22N2O3. The first-order chi connectivity index (χ1) is 9.88. The van der Waals surface area contributed by atoms with Gasteiger partial charge in [0.25, 0.3) is 0 Å². The largest absolute Gasteiger partial charge is 0.478 e. The predicted molar refractivity (Wildman–Crippen MR) is 82.4 cm³/mol. The molecule has 0 unspecified atom stereocenters. The molecule has 0 heterocycles. The molecule has 0 atom stereocenters. The zero-order valence-electron chi connectivity index (χ0n) is 12.5. The van der Waals surface area contributed by atoms with E-state index in [4.69, 9.17) is 10.8 Å². The standard InChI is InChI=1S/C16H22N2O3/c1-12(2)9-18(11-15(17)19)10-14-6-4-3-5-13(14)7-8-16(20)21/h3-8,12H,9-11H2,1-2H3,(H2,17,19)(H,20,21). The molecule has 21 heavy (non-hydrogen) atoms. The highest BCUT2D eigenvalue weighted by Gasteiger charge is 2.12. The van der Waals surface area contributed by atoms with Crippen molar-refractivity contribution in [3.63, 3.8) is 0 Å². The number of carboxylic acid groups (broad SMARTS) is 1. The van der Waals surface area contributed by atoms with Gasteiger partial charge in [0, 0.05) is 19.2 Å². The number of primary amides is 1. The maximum atomic E-state index is 11.2. The number of aliphatic carboxylic acids is 1. The van der Waals surface area contributed by atoms with Crippen LogP contribution in [0.2, 0.25) is 0 Å². The summed E-state index contributed by atoms with van der Waals surface area (Å²) >= 11 is 0. The molecule has 5 heteroatoms. The number of carbonyl (C=O) groups is 2. The average molecular weight is 290 g/mol. The zero-order chi connectivity index (χ0) is 15.8. The van der Waals surface area contributed by atoms with Gasteiger partial charge in [-0.1, -0.05) is 38.1 Å².